The Labute approximate surface area is 157 Å². The van der Waals surface area contributed by atoms with Crippen molar-refractivity contribution in [3.8, 4) is 11.4 Å². The number of ether oxygens (including phenoxy) is 1. The van der Waals surface area contributed by atoms with Crippen LogP contribution < -0.4 is 5.32 Å². The van der Waals surface area contributed by atoms with Crippen LogP contribution in [0.25, 0.3) is 11.4 Å². The van der Waals surface area contributed by atoms with Crippen molar-refractivity contribution < 1.29 is 14.3 Å². The van der Waals surface area contributed by atoms with Gasteiger partial charge in [0.1, 0.15) is 0 Å². The van der Waals surface area contributed by atoms with Gasteiger partial charge in [0.05, 0.1) is 12.9 Å². The summed E-state index contributed by atoms with van der Waals surface area (Å²) >= 11 is 1.36. The monoisotopic (exact) mass is 376 g/mol. The molecule has 1 aromatic carbocycles. The van der Waals surface area contributed by atoms with Crippen LogP contribution in [0.2, 0.25) is 0 Å². The van der Waals surface area contributed by atoms with Gasteiger partial charge in [-0.05, 0) is 25.8 Å². The van der Waals surface area contributed by atoms with Crippen LogP contribution in [0.3, 0.4) is 0 Å². The zero-order chi connectivity index (χ0) is 18.9. The molecular formula is C18H24N4O3S. The number of hydrogen-bond donors (Lipinski definition) is 1. The summed E-state index contributed by atoms with van der Waals surface area (Å²) < 4.78 is 6.57. The second-order valence-electron chi connectivity index (χ2n) is 5.68. The van der Waals surface area contributed by atoms with Crippen molar-refractivity contribution in [3.05, 3.63) is 29.8 Å². The van der Waals surface area contributed by atoms with E-state index < -0.39 is 0 Å². The van der Waals surface area contributed by atoms with E-state index in [0.717, 1.165) is 28.7 Å². The number of carbonyl (C=O) groups excluding carboxylic acids is 2. The molecule has 1 aromatic heterocycles. The Kier molecular flexibility index (Phi) is 7.65. The van der Waals surface area contributed by atoms with Gasteiger partial charge >= 0.3 is 5.97 Å². The Morgan fingerprint density at radius 2 is 2.04 bits per heavy atom. The van der Waals surface area contributed by atoms with Crippen molar-refractivity contribution in [1.29, 1.82) is 0 Å². The highest BCUT2D eigenvalue weighted by Crippen LogP contribution is 2.26. The third kappa shape index (κ3) is 5.32. The minimum Gasteiger partial charge on any atom is -0.469 e. The standard InChI is InChI=1S/C18H24N4O3S/c1-4-22-17(14-9-6-5-8-13(14)2)20-21-18(22)26-12-15(23)19-11-7-10-16(24)25-3/h5-6,8-9H,4,7,10-12H2,1-3H3,(H,19,23). The molecular weight excluding hydrogens is 352 g/mol. The van der Waals surface area contributed by atoms with E-state index >= 15 is 0 Å². The first-order valence-corrected chi connectivity index (χ1v) is 9.50. The van der Waals surface area contributed by atoms with Gasteiger partial charge in [-0.1, -0.05) is 36.0 Å². The van der Waals surface area contributed by atoms with Gasteiger partial charge in [0.25, 0.3) is 0 Å². The molecule has 0 saturated heterocycles. The fourth-order valence-corrected chi connectivity index (χ4v) is 3.28. The maximum absolute atomic E-state index is 12.0. The number of amides is 1. The fraction of sp³-hybridized carbons (Fsp3) is 0.444. The second kappa shape index (κ2) is 9.96. The first-order valence-electron chi connectivity index (χ1n) is 8.52. The maximum Gasteiger partial charge on any atom is 0.305 e. The Hall–Kier alpha value is -2.35. The first kappa shape index (κ1) is 20.0. The average Bonchev–Trinajstić information content (AvgIpc) is 3.06. The lowest BCUT2D eigenvalue weighted by Gasteiger charge is -2.09. The van der Waals surface area contributed by atoms with E-state index in [4.69, 9.17) is 0 Å². The number of methoxy groups -OCH3 is 1. The van der Waals surface area contributed by atoms with Gasteiger partial charge in [0, 0.05) is 25.1 Å². The molecule has 0 bridgehead atoms. The topological polar surface area (TPSA) is 86.1 Å². The number of benzene rings is 1. The number of aromatic nitrogens is 3. The quantitative estimate of drug-likeness (QED) is 0.411. The molecule has 0 radical (unpaired) electrons. The molecule has 0 atom stereocenters. The lowest BCUT2D eigenvalue weighted by atomic mass is 10.1. The minimum atomic E-state index is -0.270. The van der Waals surface area contributed by atoms with Crippen molar-refractivity contribution in [3.63, 3.8) is 0 Å². The van der Waals surface area contributed by atoms with Crippen molar-refractivity contribution in [2.75, 3.05) is 19.4 Å². The van der Waals surface area contributed by atoms with E-state index in [1.807, 2.05) is 42.7 Å². The molecule has 1 N–H and O–H groups in total. The highest BCUT2D eigenvalue weighted by atomic mass is 32.2. The molecule has 0 saturated carbocycles. The summed E-state index contributed by atoms with van der Waals surface area (Å²) in [4.78, 5) is 23.0. The van der Waals surface area contributed by atoms with Gasteiger partial charge in [-0.3, -0.25) is 9.59 Å². The molecule has 1 amide bonds. The third-order valence-corrected chi connectivity index (χ3v) is 4.83. The molecule has 26 heavy (non-hydrogen) atoms. The number of esters is 1. The lowest BCUT2D eigenvalue weighted by molar-refractivity contribution is -0.140. The molecule has 0 unspecified atom stereocenters. The summed E-state index contributed by atoms with van der Waals surface area (Å²) in [7, 11) is 1.35. The number of nitrogens with one attached hydrogen (secondary N) is 1. The fourth-order valence-electron chi connectivity index (χ4n) is 2.45. The molecule has 0 fully saturated rings. The molecule has 140 valence electrons. The van der Waals surface area contributed by atoms with Crippen LogP contribution in [0.4, 0.5) is 0 Å². The second-order valence-corrected chi connectivity index (χ2v) is 6.63. The van der Waals surface area contributed by atoms with Gasteiger partial charge < -0.3 is 14.6 Å². The van der Waals surface area contributed by atoms with Crippen LogP contribution in [0, 0.1) is 6.92 Å². The molecule has 0 aliphatic carbocycles. The normalized spacial score (nSPS) is 10.6. The predicted molar refractivity (Wildman–Crippen MR) is 101 cm³/mol. The number of rotatable bonds is 9. The van der Waals surface area contributed by atoms with E-state index in [9.17, 15) is 9.59 Å². The Balaban J connectivity index is 1.91. The smallest absolute Gasteiger partial charge is 0.305 e. The molecule has 2 aromatic rings. The van der Waals surface area contributed by atoms with Crippen LogP contribution in [-0.4, -0.2) is 46.0 Å². The summed E-state index contributed by atoms with van der Waals surface area (Å²) in [6.45, 7) is 5.24. The number of carbonyl (C=O) groups is 2. The molecule has 0 spiro atoms. The van der Waals surface area contributed by atoms with E-state index in [-0.39, 0.29) is 17.6 Å². The Bertz CT molecular complexity index is 761. The predicted octanol–water partition coefficient (Wildman–Crippen LogP) is 2.43. The highest BCUT2D eigenvalue weighted by Gasteiger charge is 2.15. The zero-order valence-corrected chi connectivity index (χ0v) is 16.1. The Morgan fingerprint density at radius 1 is 1.27 bits per heavy atom. The number of nitrogens with zero attached hydrogens (tertiary/aromatic N) is 3. The summed E-state index contributed by atoms with van der Waals surface area (Å²) in [6, 6.07) is 8.03. The average molecular weight is 376 g/mol. The van der Waals surface area contributed by atoms with Crippen molar-refractivity contribution >= 4 is 23.6 Å². The first-order chi connectivity index (χ1) is 12.6. The highest BCUT2D eigenvalue weighted by molar-refractivity contribution is 7.99. The minimum absolute atomic E-state index is 0.0945. The van der Waals surface area contributed by atoms with Crippen LogP contribution >= 0.6 is 11.8 Å². The maximum atomic E-state index is 12.0. The molecule has 1 heterocycles. The van der Waals surface area contributed by atoms with Crippen molar-refractivity contribution in [1.82, 2.24) is 20.1 Å². The number of thioether (sulfide) groups is 1. The Morgan fingerprint density at radius 3 is 2.73 bits per heavy atom. The molecule has 0 aliphatic rings. The number of aryl methyl sites for hydroxylation is 1. The van der Waals surface area contributed by atoms with Gasteiger partial charge in [-0.2, -0.15) is 0 Å². The largest absolute Gasteiger partial charge is 0.469 e. The molecule has 7 nitrogen and oxygen atoms in total. The van der Waals surface area contributed by atoms with Gasteiger partial charge in [-0.15, -0.1) is 10.2 Å². The summed E-state index contributed by atoms with van der Waals surface area (Å²) in [5, 5.41) is 12.1. The zero-order valence-electron chi connectivity index (χ0n) is 15.3. The van der Waals surface area contributed by atoms with Gasteiger partial charge in [0.15, 0.2) is 11.0 Å². The summed E-state index contributed by atoms with van der Waals surface area (Å²) in [5.41, 5.74) is 2.18. The molecule has 8 heteroatoms. The summed E-state index contributed by atoms with van der Waals surface area (Å²) in [6.07, 6.45) is 0.861. The summed E-state index contributed by atoms with van der Waals surface area (Å²) in [5.74, 6) is 0.701. The van der Waals surface area contributed by atoms with Crippen molar-refractivity contribution in [2.24, 2.45) is 0 Å². The van der Waals surface area contributed by atoms with Crippen molar-refractivity contribution in [2.45, 2.75) is 38.4 Å². The van der Waals surface area contributed by atoms with Crippen LogP contribution in [0.15, 0.2) is 29.4 Å². The van der Waals surface area contributed by atoms with Crippen LogP contribution in [-0.2, 0) is 20.9 Å². The van der Waals surface area contributed by atoms with E-state index in [2.05, 4.69) is 20.3 Å². The van der Waals surface area contributed by atoms with E-state index in [1.165, 1.54) is 18.9 Å². The van der Waals surface area contributed by atoms with Gasteiger partial charge in [0.2, 0.25) is 5.91 Å². The molecule has 0 aliphatic heterocycles. The SMILES string of the molecule is CCn1c(SCC(=O)NCCCC(=O)OC)nnc1-c1ccccc1C. The van der Waals surface area contributed by atoms with E-state index in [0.29, 0.717) is 19.4 Å². The van der Waals surface area contributed by atoms with E-state index in [1.54, 1.807) is 0 Å². The number of hydrogen-bond acceptors (Lipinski definition) is 6. The third-order valence-electron chi connectivity index (χ3n) is 3.86. The molecule has 2 rings (SSSR count). The van der Waals surface area contributed by atoms with Crippen LogP contribution in [0.5, 0.6) is 0 Å². The van der Waals surface area contributed by atoms with Gasteiger partial charge in [-0.25, -0.2) is 0 Å². The van der Waals surface area contributed by atoms with Crippen LogP contribution in [0.1, 0.15) is 25.3 Å². The lowest BCUT2D eigenvalue weighted by Crippen LogP contribution is -2.26.